The van der Waals surface area contributed by atoms with E-state index in [1.54, 1.807) is 18.2 Å². The van der Waals surface area contributed by atoms with Gasteiger partial charge in [0.05, 0.1) is 23.2 Å². The van der Waals surface area contributed by atoms with Crippen LogP contribution in [0.5, 0.6) is 5.75 Å². The van der Waals surface area contributed by atoms with Gasteiger partial charge in [0.2, 0.25) is 0 Å². The van der Waals surface area contributed by atoms with Crippen LogP contribution in [0.15, 0.2) is 46.9 Å². The number of rotatable bonds is 5. The monoisotopic (exact) mass is 372 g/mol. The largest absolute Gasteiger partial charge is 0.493 e. The van der Waals surface area contributed by atoms with E-state index in [0.717, 1.165) is 10.0 Å². The minimum atomic E-state index is -0.483. The number of nitriles is 1. The van der Waals surface area contributed by atoms with E-state index in [-0.39, 0.29) is 5.69 Å². The van der Waals surface area contributed by atoms with Crippen molar-refractivity contribution in [1.82, 2.24) is 0 Å². The molecule has 116 valence electrons. The Hall–Kier alpha value is -2.65. The quantitative estimate of drug-likeness (QED) is 0.326. The van der Waals surface area contributed by atoms with Gasteiger partial charge in [0.15, 0.2) is 0 Å². The Morgan fingerprint density at radius 3 is 2.83 bits per heavy atom. The predicted octanol–water partition coefficient (Wildman–Crippen LogP) is 4.82. The first kappa shape index (κ1) is 16.7. The fraction of sp³-hybridized carbons (Fsp3) is 0.118. The number of halogens is 1. The molecule has 0 aliphatic rings. The van der Waals surface area contributed by atoms with Crippen molar-refractivity contribution < 1.29 is 9.66 Å². The number of allylic oxidation sites excluding steroid dienone is 1. The first-order chi connectivity index (χ1) is 11.0. The van der Waals surface area contributed by atoms with Crippen molar-refractivity contribution >= 4 is 33.3 Å². The number of ether oxygens (including phenoxy) is 1. The first-order valence-electron chi connectivity index (χ1n) is 6.84. The fourth-order valence-corrected chi connectivity index (χ4v) is 2.42. The molecule has 23 heavy (non-hydrogen) atoms. The van der Waals surface area contributed by atoms with Gasteiger partial charge in [0.1, 0.15) is 5.75 Å². The van der Waals surface area contributed by atoms with E-state index in [4.69, 9.17) is 4.74 Å². The molecule has 0 radical (unpaired) electrons. The van der Waals surface area contributed by atoms with Gasteiger partial charge in [-0.15, -0.1) is 0 Å². The molecule has 5 nitrogen and oxygen atoms in total. The SMILES string of the molecule is CCOc1ccc(Br)cc1/C=C(\C#N)c1cccc([N+](=O)[O-])c1. The van der Waals surface area contributed by atoms with Crippen LogP contribution in [-0.2, 0) is 0 Å². The number of nitro groups is 1. The second-order valence-electron chi connectivity index (χ2n) is 4.59. The molecule has 0 atom stereocenters. The molecular weight excluding hydrogens is 360 g/mol. The predicted molar refractivity (Wildman–Crippen MR) is 91.9 cm³/mol. The van der Waals surface area contributed by atoms with Gasteiger partial charge in [-0.3, -0.25) is 10.1 Å². The minimum Gasteiger partial charge on any atom is -0.493 e. The van der Waals surface area contributed by atoms with Crippen LogP contribution in [0, 0.1) is 21.4 Å². The number of non-ortho nitro benzene ring substituents is 1. The van der Waals surface area contributed by atoms with Crippen LogP contribution in [0.3, 0.4) is 0 Å². The summed E-state index contributed by atoms with van der Waals surface area (Å²) in [7, 11) is 0. The highest BCUT2D eigenvalue weighted by Gasteiger charge is 2.10. The van der Waals surface area contributed by atoms with E-state index in [2.05, 4.69) is 22.0 Å². The van der Waals surface area contributed by atoms with Gasteiger partial charge in [-0.2, -0.15) is 5.26 Å². The van der Waals surface area contributed by atoms with Gasteiger partial charge < -0.3 is 4.74 Å². The molecule has 0 N–H and O–H groups in total. The van der Waals surface area contributed by atoms with E-state index in [1.165, 1.54) is 12.1 Å². The molecule has 0 bridgehead atoms. The normalized spacial score (nSPS) is 10.9. The molecule has 0 unspecified atom stereocenters. The van der Waals surface area contributed by atoms with Gasteiger partial charge >= 0.3 is 0 Å². The summed E-state index contributed by atoms with van der Waals surface area (Å²) in [4.78, 5) is 10.4. The van der Waals surface area contributed by atoms with E-state index in [1.807, 2.05) is 25.1 Å². The second kappa shape index (κ2) is 7.56. The summed E-state index contributed by atoms with van der Waals surface area (Å²) < 4.78 is 6.40. The minimum absolute atomic E-state index is 0.0528. The third-order valence-corrected chi connectivity index (χ3v) is 3.55. The van der Waals surface area contributed by atoms with Gasteiger partial charge in [-0.1, -0.05) is 28.1 Å². The van der Waals surface area contributed by atoms with Gasteiger partial charge in [-0.25, -0.2) is 0 Å². The van der Waals surface area contributed by atoms with Crippen LogP contribution < -0.4 is 4.74 Å². The maximum Gasteiger partial charge on any atom is 0.270 e. The van der Waals surface area contributed by atoms with Crippen molar-refractivity contribution in [3.8, 4) is 11.8 Å². The van der Waals surface area contributed by atoms with Gasteiger partial charge in [0, 0.05) is 22.2 Å². The molecule has 0 aliphatic heterocycles. The van der Waals surface area contributed by atoms with Crippen molar-refractivity contribution in [2.45, 2.75) is 6.92 Å². The summed E-state index contributed by atoms with van der Waals surface area (Å²) in [6.45, 7) is 2.38. The molecule has 0 spiro atoms. The van der Waals surface area contributed by atoms with Crippen LogP contribution in [0.2, 0.25) is 0 Å². The van der Waals surface area contributed by atoms with E-state index in [9.17, 15) is 15.4 Å². The Labute approximate surface area is 142 Å². The van der Waals surface area contributed by atoms with Crippen LogP contribution in [0.4, 0.5) is 5.69 Å². The molecule has 0 heterocycles. The van der Waals surface area contributed by atoms with Gasteiger partial charge in [-0.05, 0) is 36.8 Å². The molecule has 0 amide bonds. The lowest BCUT2D eigenvalue weighted by Crippen LogP contribution is -1.94. The van der Waals surface area contributed by atoms with Gasteiger partial charge in [0.25, 0.3) is 5.69 Å². The van der Waals surface area contributed by atoms with Crippen molar-refractivity contribution in [3.63, 3.8) is 0 Å². The number of hydrogen-bond donors (Lipinski definition) is 0. The molecule has 6 heteroatoms. The second-order valence-corrected chi connectivity index (χ2v) is 5.51. The highest BCUT2D eigenvalue weighted by Crippen LogP contribution is 2.28. The summed E-state index contributed by atoms with van der Waals surface area (Å²) in [5, 5.41) is 20.3. The number of benzene rings is 2. The standard InChI is InChI=1S/C17H13BrN2O3/c1-2-23-17-7-6-15(18)9-13(17)8-14(11-19)12-4-3-5-16(10-12)20(21)22/h3-10H,2H2,1H3/b14-8+. The maximum atomic E-state index is 10.9. The Kier molecular flexibility index (Phi) is 5.50. The zero-order valence-electron chi connectivity index (χ0n) is 12.3. The summed E-state index contributed by atoms with van der Waals surface area (Å²) >= 11 is 3.39. The lowest BCUT2D eigenvalue weighted by Gasteiger charge is -2.08. The molecule has 2 rings (SSSR count). The average Bonchev–Trinajstić information content (AvgIpc) is 2.55. The van der Waals surface area contributed by atoms with E-state index in [0.29, 0.717) is 23.5 Å². The van der Waals surface area contributed by atoms with E-state index < -0.39 is 4.92 Å². The molecule has 0 saturated carbocycles. The first-order valence-corrected chi connectivity index (χ1v) is 7.63. The molecular formula is C17H13BrN2O3. The lowest BCUT2D eigenvalue weighted by atomic mass is 10.0. The molecule has 0 aromatic heterocycles. The van der Waals surface area contributed by atoms with Crippen LogP contribution in [-0.4, -0.2) is 11.5 Å². The van der Waals surface area contributed by atoms with Crippen LogP contribution in [0.1, 0.15) is 18.1 Å². The number of nitro benzene ring substituents is 1. The third-order valence-electron chi connectivity index (χ3n) is 3.06. The van der Waals surface area contributed by atoms with E-state index >= 15 is 0 Å². The highest BCUT2D eigenvalue weighted by molar-refractivity contribution is 9.10. The Bertz CT molecular complexity index is 810. The molecule has 0 aliphatic carbocycles. The zero-order chi connectivity index (χ0) is 16.8. The molecule has 2 aromatic carbocycles. The Balaban J connectivity index is 2.51. The maximum absolute atomic E-state index is 10.9. The Morgan fingerprint density at radius 1 is 1.39 bits per heavy atom. The van der Waals surface area contributed by atoms with Crippen molar-refractivity contribution in [3.05, 3.63) is 68.2 Å². The van der Waals surface area contributed by atoms with Crippen LogP contribution in [0.25, 0.3) is 11.6 Å². The Morgan fingerprint density at radius 2 is 2.17 bits per heavy atom. The summed E-state index contributed by atoms with van der Waals surface area (Å²) in [6, 6.07) is 13.6. The van der Waals surface area contributed by atoms with Crippen LogP contribution >= 0.6 is 15.9 Å². The van der Waals surface area contributed by atoms with Crippen molar-refractivity contribution in [2.24, 2.45) is 0 Å². The smallest absolute Gasteiger partial charge is 0.270 e. The van der Waals surface area contributed by atoms with Crippen molar-refractivity contribution in [2.75, 3.05) is 6.61 Å². The molecule has 2 aromatic rings. The number of nitrogens with zero attached hydrogens (tertiary/aromatic N) is 2. The number of hydrogen-bond acceptors (Lipinski definition) is 4. The summed E-state index contributed by atoms with van der Waals surface area (Å²) in [5.74, 6) is 0.647. The topological polar surface area (TPSA) is 76.2 Å². The van der Waals surface area contributed by atoms with Crippen molar-refractivity contribution in [1.29, 1.82) is 5.26 Å². The summed E-state index contributed by atoms with van der Waals surface area (Å²) in [6.07, 6.45) is 1.66. The molecule has 0 saturated heterocycles. The third kappa shape index (κ3) is 4.18. The average molecular weight is 373 g/mol. The fourth-order valence-electron chi connectivity index (χ4n) is 2.04. The highest BCUT2D eigenvalue weighted by atomic mass is 79.9. The summed E-state index contributed by atoms with van der Waals surface area (Å²) in [5.41, 5.74) is 1.49. The lowest BCUT2D eigenvalue weighted by molar-refractivity contribution is -0.384. The zero-order valence-corrected chi connectivity index (χ0v) is 13.9. The molecule has 0 fully saturated rings.